The zero-order valence-electron chi connectivity index (χ0n) is 9.43. The van der Waals surface area contributed by atoms with E-state index in [-0.39, 0.29) is 12.5 Å². The Morgan fingerprint density at radius 2 is 2.31 bits per heavy atom. The van der Waals surface area contributed by atoms with Gasteiger partial charge in [0.1, 0.15) is 5.54 Å². The highest BCUT2D eigenvalue weighted by Gasteiger charge is 2.56. The molecule has 3 N–H and O–H groups in total. The molecule has 1 fully saturated rings. The molecular weight excluding hydrogens is 230 g/mol. The second kappa shape index (κ2) is 4.15. The number of hydrogen-bond donors (Lipinski definition) is 2. The molecule has 0 saturated heterocycles. The Balaban J connectivity index is 2.70. The highest BCUT2D eigenvalue weighted by atomic mass is 32.2. The van der Waals surface area contributed by atoms with Gasteiger partial charge in [0, 0.05) is 19.5 Å². The molecule has 0 spiro atoms. The molecule has 0 aromatic carbocycles. The van der Waals surface area contributed by atoms with Gasteiger partial charge in [-0.15, -0.1) is 6.58 Å². The maximum atomic E-state index is 11.6. The molecule has 0 radical (unpaired) electrons. The van der Waals surface area contributed by atoms with Crippen molar-refractivity contribution in [2.75, 3.05) is 13.6 Å². The Bertz CT molecular complexity index is 406. The van der Waals surface area contributed by atoms with Crippen molar-refractivity contribution in [2.45, 2.75) is 18.9 Å². The predicted octanol–water partition coefficient (Wildman–Crippen LogP) is -0.797. The van der Waals surface area contributed by atoms with Crippen molar-refractivity contribution in [1.29, 1.82) is 0 Å². The number of rotatable bonds is 5. The summed E-state index contributed by atoms with van der Waals surface area (Å²) in [5, 5.41) is 0. The van der Waals surface area contributed by atoms with E-state index in [1.54, 1.807) is 13.0 Å². The molecule has 92 valence electrons. The van der Waals surface area contributed by atoms with Crippen molar-refractivity contribution in [3.8, 4) is 0 Å². The molecule has 0 aromatic rings. The fraction of sp³-hybridized carbons (Fsp3) is 0.667. The van der Waals surface area contributed by atoms with Crippen LogP contribution in [-0.2, 0) is 15.0 Å². The first-order valence-corrected chi connectivity index (χ1v) is 6.42. The number of amides is 1. The summed E-state index contributed by atoms with van der Waals surface area (Å²) in [5.41, 5.74) is 4.62. The van der Waals surface area contributed by atoms with Crippen LogP contribution in [0.5, 0.6) is 0 Å². The van der Waals surface area contributed by atoms with Crippen molar-refractivity contribution in [2.24, 2.45) is 11.7 Å². The molecule has 7 heteroatoms. The second-order valence-corrected chi connectivity index (χ2v) is 5.71. The van der Waals surface area contributed by atoms with E-state index in [1.165, 1.54) is 7.05 Å². The van der Waals surface area contributed by atoms with Crippen molar-refractivity contribution in [3.63, 3.8) is 0 Å². The average Bonchev–Trinajstić information content (AvgIpc) is 2.89. The third-order valence-electron chi connectivity index (χ3n) is 2.84. The van der Waals surface area contributed by atoms with E-state index in [1.807, 2.05) is 4.72 Å². The largest absolute Gasteiger partial charge is 0.317 e. The molecule has 0 aliphatic heterocycles. The minimum atomic E-state index is -3.76. The van der Waals surface area contributed by atoms with E-state index in [2.05, 4.69) is 6.58 Å². The average molecular weight is 247 g/mol. The Labute approximate surface area is 95.7 Å². The third kappa shape index (κ3) is 2.26. The van der Waals surface area contributed by atoms with Gasteiger partial charge in [0.2, 0.25) is 0 Å². The number of nitrogens with zero attached hydrogens (tertiary/aromatic N) is 1. The molecule has 1 saturated carbocycles. The standard InChI is InChI=1S/C9H17N3O3S/c1-4-7-6-9(7,10)8(13)11-16(14,15)12(3)5-2/h4,7H,1,5-6,10H2,2-3H3,(H,11,13)/t7?,9-/m1/s1. The van der Waals surface area contributed by atoms with Crippen LogP contribution in [-0.4, -0.2) is 37.8 Å². The Morgan fingerprint density at radius 1 is 1.75 bits per heavy atom. The van der Waals surface area contributed by atoms with Crippen molar-refractivity contribution >= 4 is 16.1 Å². The van der Waals surface area contributed by atoms with Crippen LogP contribution in [0, 0.1) is 5.92 Å². The summed E-state index contributed by atoms with van der Waals surface area (Å²) >= 11 is 0. The van der Waals surface area contributed by atoms with Crippen LogP contribution < -0.4 is 10.5 Å². The number of carbonyl (C=O) groups excluding carboxylic acids is 1. The summed E-state index contributed by atoms with van der Waals surface area (Å²) in [6.45, 7) is 5.48. The van der Waals surface area contributed by atoms with Crippen LogP contribution >= 0.6 is 0 Å². The Hall–Kier alpha value is -0.920. The summed E-state index contributed by atoms with van der Waals surface area (Å²) < 4.78 is 26.1. The smallest absolute Gasteiger partial charge is 0.303 e. The van der Waals surface area contributed by atoms with E-state index in [0.717, 1.165) is 4.31 Å². The van der Waals surface area contributed by atoms with Crippen LogP contribution in [0.2, 0.25) is 0 Å². The zero-order valence-corrected chi connectivity index (χ0v) is 10.3. The molecule has 1 unspecified atom stereocenters. The highest BCUT2D eigenvalue weighted by molar-refractivity contribution is 7.87. The fourth-order valence-corrected chi connectivity index (χ4v) is 2.24. The van der Waals surface area contributed by atoms with Crippen molar-refractivity contribution < 1.29 is 13.2 Å². The number of nitrogens with one attached hydrogen (secondary N) is 1. The maximum absolute atomic E-state index is 11.6. The minimum Gasteiger partial charge on any atom is -0.317 e. The van der Waals surface area contributed by atoms with Gasteiger partial charge < -0.3 is 5.73 Å². The molecule has 16 heavy (non-hydrogen) atoms. The quantitative estimate of drug-likeness (QED) is 0.622. The summed E-state index contributed by atoms with van der Waals surface area (Å²) in [7, 11) is -2.38. The normalized spacial score (nSPS) is 28.9. The molecule has 0 heterocycles. The van der Waals surface area contributed by atoms with Gasteiger partial charge in [-0.05, 0) is 6.42 Å². The van der Waals surface area contributed by atoms with Gasteiger partial charge in [-0.2, -0.15) is 12.7 Å². The molecule has 0 aromatic heterocycles. The predicted molar refractivity (Wildman–Crippen MR) is 60.6 cm³/mol. The lowest BCUT2D eigenvalue weighted by Gasteiger charge is -2.17. The first-order valence-electron chi connectivity index (χ1n) is 4.98. The van der Waals surface area contributed by atoms with Crippen LogP contribution in [0.25, 0.3) is 0 Å². The molecule has 0 bridgehead atoms. The Kier molecular flexibility index (Phi) is 3.41. The molecule has 1 rings (SSSR count). The Morgan fingerprint density at radius 3 is 2.69 bits per heavy atom. The van der Waals surface area contributed by atoms with Crippen LogP contribution in [0.1, 0.15) is 13.3 Å². The van der Waals surface area contributed by atoms with E-state index >= 15 is 0 Å². The molecular formula is C9H17N3O3S. The maximum Gasteiger partial charge on any atom is 0.303 e. The first kappa shape index (κ1) is 13.1. The lowest BCUT2D eigenvalue weighted by molar-refractivity contribution is -0.121. The third-order valence-corrected chi connectivity index (χ3v) is 4.37. The fourth-order valence-electron chi connectivity index (χ4n) is 1.32. The summed E-state index contributed by atoms with van der Waals surface area (Å²) in [5.74, 6) is -0.813. The van der Waals surface area contributed by atoms with Gasteiger partial charge >= 0.3 is 10.2 Å². The minimum absolute atomic E-state index is 0.144. The zero-order chi connectivity index (χ0) is 12.6. The van der Waals surface area contributed by atoms with E-state index < -0.39 is 21.7 Å². The topological polar surface area (TPSA) is 92.5 Å². The SMILES string of the molecule is C=CC1C[C@]1(N)C(=O)NS(=O)(=O)N(C)CC. The van der Waals surface area contributed by atoms with Gasteiger partial charge in [0.05, 0.1) is 0 Å². The van der Waals surface area contributed by atoms with E-state index in [9.17, 15) is 13.2 Å². The lowest BCUT2D eigenvalue weighted by Crippen LogP contribution is -2.50. The number of hydrogen-bond acceptors (Lipinski definition) is 4. The number of nitrogens with two attached hydrogens (primary N) is 1. The molecule has 6 nitrogen and oxygen atoms in total. The summed E-state index contributed by atoms with van der Waals surface area (Å²) in [6, 6.07) is 0. The molecule has 1 aliphatic rings. The highest BCUT2D eigenvalue weighted by Crippen LogP contribution is 2.41. The van der Waals surface area contributed by atoms with Crippen LogP contribution in [0.4, 0.5) is 0 Å². The van der Waals surface area contributed by atoms with Gasteiger partial charge in [0.15, 0.2) is 0 Å². The van der Waals surface area contributed by atoms with Crippen molar-refractivity contribution in [3.05, 3.63) is 12.7 Å². The monoisotopic (exact) mass is 247 g/mol. The van der Waals surface area contributed by atoms with Gasteiger partial charge in [0.25, 0.3) is 5.91 Å². The first-order chi connectivity index (χ1) is 7.28. The van der Waals surface area contributed by atoms with Gasteiger partial charge in [-0.3, -0.25) is 4.79 Å². The van der Waals surface area contributed by atoms with E-state index in [4.69, 9.17) is 5.73 Å². The number of carbonyl (C=O) groups is 1. The van der Waals surface area contributed by atoms with Gasteiger partial charge in [-0.25, -0.2) is 4.72 Å². The molecule has 1 amide bonds. The molecule has 2 atom stereocenters. The summed E-state index contributed by atoms with van der Waals surface area (Å²) in [4.78, 5) is 11.6. The van der Waals surface area contributed by atoms with E-state index in [0.29, 0.717) is 6.42 Å². The van der Waals surface area contributed by atoms with Crippen LogP contribution in [0.3, 0.4) is 0 Å². The van der Waals surface area contributed by atoms with Crippen LogP contribution in [0.15, 0.2) is 12.7 Å². The van der Waals surface area contributed by atoms with Gasteiger partial charge in [-0.1, -0.05) is 13.0 Å². The summed E-state index contributed by atoms with van der Waals surface area (Å²) in [6.07, 6.45) is 2.00. The second-order valence-electron chi connectivity index (χ2n) is 3.94. The lowest BCUT2D eigenvalue weighted by atomic mass is 10.2. The van der Waals surface area contributed by atoms with Crippen molar-refractivity contribution in [1.82, 2.24) is 9.03 Å². The molecule has 1 aliphatic carbocycles.